The number of nitrogens with one attached hydrogen (secondary N) is 2. The van der Waals surface area contributed by atoms with Crippen LogP contribution >= 0.6 is 15.9 Å². The summed E-state index contributed by atoms with van der Waals surface area (Å²) in [5.74, 6) is 0.283. The Hall–Kier alpha value is -2.44. The lowest BCUT2D eigenvalue weighted by atomic mass is 10.0. The second-order valence-corrected chi connectivity index (χ2v) is 11.2. The van der Waals surface area contributed by atoms with E-state index < -0.39 is 10.0 Å². The van der Waals surface area contributed by atoms with Crippen molar-refractivity contribution in [1.29, 1.82) is 0 Å². The summed E-state index contributed by atoms with van der Waals surface area (Å²) in [6.45, 7) is 2.64. The predicted octanol–water partition coefficient (Wildman–Crippen LogP) is 3.86. The third-order valence-electron chi connectivity index (χ3n) is 5.97. The summed E-state index contributed by atoms with van der Waals surface area (Å²) in [5, 5.41) is 20.1. The molecule has 1 saturated carbocycles. The van der Waals surface area contributed by atoms with Crippen molar-refractivity contribution in [2.75, 3.05) is 18.4 Å². The van der Waals surface area contributed by atoms with Crippen molar-refractivity contribution in [1.82, 2.24) is 20.1 Å². The molecule has 1 aliphatic heterocycles. The van der Waals surface area contributed by atoms with E-state index in [2.05, 4.69) is 36.6 Å². The van der Waals surface area contributed by atoms with E-state index in [0.717, 1.165) is 29.3 Å². The second-order valence-electron chi connectivity index (χ2n) is 8.18. The number of aryl methyl sites for hydroxylation is 1. The third-order valence-corrected chi connectivity index (χ3v) is 9.16. The van der Waals surface area contributed by atoms with Crippen LogP contribution in [0.3, 0.4) is 0 Å². The first kappa shape index (κ1) is 23.7. The van der Waals surface area contributed by atoms with Gasteiger partial charge in [0.25, 0.3) is 0 Å². The summed E-state index contributed by atoms with van der Waals surface area (Å²) in [7, 11) is -3.40. The van der Waals surface area contributed by atoms with Crippen LogP contribution in [0.25, 0.3) is 0 Å². The van der Waals surface area contributed by atoms with Gasteiger partial charge in [-0.3, -0.25) is 15.0 Å². The molecule has 2 aromatic rings. The highest BCUT2D eigenvalue weighted by Crippen LogP contribution is 2.30. The number of aliphatic imine (C=N–C) groups is 1. The highest BCUT2D eigenvalue weighted by atomic mass is 79.9. The quantitative estimate of drug-likeness (QED) is 0.275. The van der Waals surface area contributed by atoms with Crippen molar-refractivity contribution in [3.63, 3.8) is 0 Å². The average molecular weight is 539 g/mol. The number of hydrogen-bond donors (Lipinski definition) is 3. The number of anilines is 1. The van der Waals surface area contributed by atoms with Crippen LogP contribution in [-0.2, 0) is 10.0 Å². The molecule has 1 aromatic heterocycles. The number of rotatable bonds is 7. The van der Waals surface area contributed by atoms with Crippen molar-refractivity contribution >= 4 is 43.3 Å². The van der Waals surface area contributed by atoms with Gasteiger partial charge < -0.3 is 5.32 Å². The Labute approximate surface area is 201 Å². The number of aromatic nitrogens is 2. The summed E-state index contributed by atoms with van der Waals surface area (Å²) in [6.07, 6.45) is 7.03. The van der Waals surface area contributed by atoms with Gasteiger partial charge in [0.05, 0.1) is 17.5 Å². The number of hydroxylamine groups is 1. The van der Waals surface area contributed by atoms with Gasteiger partial charge in [0.15, 0.2) is 11.5 Å². The summed E-state index contributed by atoms with van der Waals surface area (Å²) >= 11 is 3.46. The van der Waals surface area contributed by atoms with Crippen molar-refractivity contribution < 1.29 is 18.3 Å². The van der Waals surface area contributed by atoms with Crippen LogP contribution < -0.4 is 10.8 Å². The topological polar surface area (TPSA) is 133 Å². The van der Waals surface area contributed by atoms with Crippen molar-refractivity contribution in [3.8, 4) is 0 Å². The molecule has 1 aromatic carbocycles. The lowest BCUT2D eigenvalue weighted by Gasteiger charge is -2.30. The van der Waals surface area contributed by atoms with E-state index in [1.807, 2.05) is 30.6 Å². The fourth-order valence-electron chi connectivity index (χ4n) is 4.13. The standard InChI is InChI=1S/C21H27BrN6O4S/c1-14-9-10-15(12-18(14)22)24-21(25-29)19-20(27-32-26-19)23-13-16-6-5-11-28(16)33(30,31)17-7-3-2-4-8-17/h6,9-10,12,17,29H,2-5,7-8,11,13H2,1H3,(H,23,27)(H,24,25). The molecule has 0 bridgehead atoms. The highest BCUT2D eigenvalue weighted by molar-refractivity contribution is 9.10. The molecule has 2 aliphatic rings. The first-order valence-corrected chi connectivity index (χ1v) is 13.2. The first-order valence-electron chi connectivity index (χ1n) is 10.9. The molecule has 0 saturated heterocycles. The minimum atomic E-state index is -3.40. The number of amidine groups is 1. The van der Waals surface area contributed by atoms with E-state index in [1.54, 1.807) is 6.07 Å². The van der Waals surface area contributed by atoms with Crippen LogP contribution in [0.1, 0.15) is 49.8 Å². The van der Waals surface area contributed by atoms with Gasteiger partial charge >= 0.3 is 0 Å². The largest absolute Gasteiger partial charge is 0.360 e. The highest BCUT2D eigenvalue weighted by Gasteiger charge is 2.35. The maximum absolute atomic E-state index is 13.2. The summed E-state index contributed by atoms with van der Waals surface area (Å²) < 4.78 is 33.6. The van der Waals surface area contributed by atoms with Crippen molar-refractivity contribution in [2.45, 2.75) is 50.7 Å². The van der Waals surface area contributed by atoms with E-state index in [9.17, 15) is 13.6 Å². The van der Waals surface area contributed by atoms with Crippen LogP contribution in [-0.4, -0.2) is 52.4 Å². The normalized spacial score (nSPS) is 17.8. The zero-order valence-electron chi connectivity index (χ0n) is 18.3. The molecule has 0 amide bonds. The number of benzene rings is 1. The molecule has 3 N–H and O–H groups in total. The Morgan fingerprint density at radius 2 is 2.09 bits per heavy atom. The van der Waals surface area contributed by atoms with Crippen LogP contribution in [0, 0.1) is 6.92 Å². The summed E-state index contributed by atoms with van der Waals surface area (Å²) in [4.78, 5) is 4.38. The van der Waals surface area contributed by atoms with Crippen LogP contribution in [0.4, 0.5) is 11.5 Å². The van der Waals surface area contributed by atoms with Crippen LogP contribution in [0.2, 0.25) is 0 Å². The summed E-state index contributed by atoms with van der Waals surface area (Å²) in [5.41, 5.74) is 4.53. The Kier molecular flexibility index (Phi) is 7.35. The molecule has 33 heavy (non-hydrogen) atoms. The van der Waals surface area contributed by atoms with Gasteiger partial charge in [-0.25, -0.2) is 18.0 Å². The molecule has 12 heteroatoms. The van der Waals surface area contributed by atoms with Crippen LogP contribution in [0.15, 0.2) is 44.1 Å². The Balaban J connectivity index is 1.49. The molecule has 0 unspecified atom stereocenters. The number of hydrogen-bond acceptors (Lipinski definition) is 8. The van der Waals surface area contributed by atoms with Gasteiger partial charge in [0.2, 0.25) is 15.8 Å². The van der Waals surface area contributed by atoms with Gasteiger partial charge in [-0.15, -0.1) is 0 Å². The van der Waals surface area contributed by atoms with Gasteiger partial charge in [0.1, 0.15) is 0 Å². The van der Waals surface area contributed by atoms with Crippen molar-refractivity contribution in [2.24, 2.45) is 4.99 Å². The molecular weight excluding hydrogens is 512 g/mol. The fourth-order valence-corrected chi connectivity index (χ4v) is 6.61. The van der Waals surface area contributed by atoms with E-state index >= 15 is 0 Å². The Bertz CT molecular complexity index is 1160. The SMILES string of the molecule is Cc1ccc(N=C(NO)c2nonc2NCC2=CCCN2S(=O)(=O)C2CCCCC2)cc1Br. The molecule has 10 nitrogen and oxygen atoms in total. The lowest BCUT2D eigenvalue weighted by Crippen LogP contribution is -2.39. The van der Waals surface area contributed by atoms with Gasteiger partial charge in [-0.1, -0.05) is 47.3 Å². The van der Waals surface area contributed by atoms with Crippen molar-refractivity contribution in [3.05, 3.63) is 45.7 Å². The average Bonchev–Trinajstić information content (AvgIpc) is 3.49. The number of halogens is 1. The first-order chi connectivity index (χ1) is 15.9. The zero-order chi connectivity index (χ0) is 23.4. The minimum Gasteiger partial charge on any atom is -0.360 e. The number of sulfonamides is 1. The van der Waals surface area contributed by atoms with Crippen LogP contribution in [0.5, 0.6) is 0 Å². The van der Waals surface area contributed by atoms with Gasteiger partial charge in [-0.2, -0.15) is 0 Å². The molecular formula is C21H27BrN6O4S. The zero-order valence-corrected chi connectivity index (χ0v) is 20.7. The minimum absolute atomic E-state index is 0.0431. The Morgan fingerprint density at radius 1 is 1.30 bits per heavy atom. The summed E-state index contributed by atoms with van der Waals surface area (Å²) in [6, 6.07) is 5.51. The second kappa shape index (κ2) is 10.2. The molecule has 2 heterocycles. The molecule has 0 radical (unpaired) electrons. The molecule has 1 aliphatic carbocycles. The third kappa shape index (κ3) is 5.22. The number of nitrogens with zero attached hydrogens (tertiary/aromatic N) is 4. The van der Waals surface area contributed by atoms with Gasteiger partial charge in [-0.05, 0) is 54.2 Å². The van der Waals surface area contributed by atoms with E-state index in [4.69, 9.17) is 4.63 Å². The molecule has 0 atom stereocenters. The van der Waals surface area contributed by atoms with Gasteiger partial charge in [0, 0.05) is 16.7 Å². The maximum Gasteiger partial charge on any atom is 0.237 e. The molecule has 0 spiro atoms. The lowest BCUT2D eigenvalue weighted by molar-refractivity contribution is 0.234. The maximum atomic E-state index is 13.2. The van der Waals surface area contributed by atoms with E-state index in [1.165, 1.54) is 4.31 Å². The molecule has 4 rings (SSSR count). The van der Waals surface area contributed by atoms with E-state index in [-0.39, 0.29) is 29.1 Å². The fraction of sp³-hybridized carbons (Fsp3) is 0.476. The molecule has 178 valence electrons. The predicted molar refractivity (Wildman–Crippen MR) is 128 cm³/mol. The van der Waals surface area contributed by atoms with E-state index in [0.29, 0.717) is 37.2 Å². The monoisotopic (exact) mass is 538 g/mol. The Morgan fingerprint density at radius 3 is 2.82 bits per heavy atom. The smallest absolute Gasteiger partial charge is 0.237 e. The molecule has 1 fully saturated rings.